The summed E-state index contributed by atoms with van der Waals surface area (Å²) in [5, 5.41) is 3.25. The first-order valence-corrected chi connectivity index (χ1v) is 10.0. The van der Waals surface area contributed by atoms with Crippen LogP contribution in [0.25, 0.3) is 0 Å². The highest BCUT2D eigenvalue weighted by molar-refractivity contribution is 7.99. The number of carbonyl (C=O) groups is 2. The Morgan fingerprint density at radius 1 is 1.07 bits per heavy atom. The number of hydrogen-bond donors (Lipinski definition) is 1. The maximum atomic E-state index is 13.7. The molecule has 1 N–H and O–H groups in total. The number of amides is 2. The summed E-state index contributed by atoms with van der Waals surface area (Å²) in [5.41, 5.74) is 1.50. The molecule has 0 radical (unpaired) electrons. The number of aromatic nitrogens is 1. The van der Waals surface area contributed by atoms with E-state index in [0.717, 1.165) is 10.6 Å². The molecule has 1 aliphatic rings. The summed E-state index contributed by atoms with van der Waals surface area (Å²) in [5.74, 6) is -0.902. The third-order valence-corrected chi connectivity index (χ3v) is 5.63. The Morgan fingerprint density at radius 2 is 1.86 bits per heavy atom. The standard InChI is InChI=1S/C22H18FN3O2S/c23-16-8-1-2-9-17(16)25-20(27)12-6-14-26-18-10-3-4-11-19(18)29-21-15(22(26)28)7-5-13-24-21/h1-5,7-11,13H,6,12,14H2,(H,25,27). The zero-order valence-corrected chi connectivity index (χ0v) is 16.3. The van der Waals surface area contributed by atoms with Gasteiger partial charge in [-0.2, -0.15) is 0 Å². The van der Waals surface area contributed by atoms with Crippen molar-refractivity contribution in [3.63, 3.8) is 0 Å². The second kappa shape index (κ2) is 8.45. The molecule has 0 unspecified atom stereocenters. The molecule has 5 nitrogen and oxygen atoms in total. The van der Waals surface area contributed by atoms with E-state index in [-0.39, 0.29) is 23.9 Å². The van der Waals surface area contributed by atoms with Gasteiger partial charge in [-0.15, -0.1) is 0 Å². The molecule has 0 saturated carbocycles. The first kappa shape index (κ1) is 19.1. The second-order valence-corrected chi connectivity index (χ2v) is 7.54. The molecule has 0 aliphatic carbocycles. The molecule has 0 saturated heterocycles. The van der Waals surface area contributed by atoms with Crippen LogP contribution in [0.15, 0.2) is 76.8 Å². The maximum Gasteiger partial charge on any atom is 0.261 e. The topological polar surface area (TPSA) is 62.3 Å². The first-order valence-electron chi connectivity index (χ1n) is 9.21. The summed E-state index contributed by atoms with van der Waals surface area (Å²) in [7, 11) is 0. The van der Waals surface area contributed by atoms with Crippen molar-refractivity contribution in [3.8, 4) is 0 Å². The Bertz CT molecular complexity index is 1070. The zero-order valence-electron chi connectivity index (χ0n) is 15.5. The SMILES string of the molecule is O=C(CCCN1C(=O)c2cccnc2Sc2ccccc21)Nc1ccccc1F. The average molecular weight is 407 g/mol. The number of pyridine rings is 1. The summed E-state index contributed by atoms with van der Waals surface area (Å²) < 4.78 is 13.7. The molecule has 29 heavy (non-hydrogen) atoms. The lowest BCUT2D eigenvalue weighted by molar-refractivity contribution is -0.116. The molecule has 4 rings (SSSR count). The number of rotatable bonds is 5. The number of nitrogens with one attached hydrogen (secondary N) is 1. The molecule has 1 aromatic heterocycles. The Morgan fingerprint density at radius 3 is 2.72 bits per heavy atom. The highest BCUT2D eigenvalue weighted by atomic mass is 32.2. The van der Waals surface area contributed by atoms with Gasteiger partial charge in [-0.1, -0.05) is 36.0 Å². The van der Waals surface area contributed by atoms with Crippen LogP contribution >= 0.6 is 11.8 Å². The van der Waals surface area contributed by atoms with Crippen molar-refractivity contribution >= 4 is 35.0 Å². The molecule has 1 aliphatic heterocycles. The van der Waals surface area contributed by atoms with Gasteiger partial charge in [0.15, 0.2) is 0 Å². The van der Waals surface area contributed by atoms with Crippen LogP contribution in [0.2, 0.25) is 0 Å². The normalized spacial score (nSPS) is 12.7. The minimum Gasteiger partial charge on any atom is -0.324 e. The second-order valence-electron chi connectivity index (χ2n) is 6.51. The molecule has 0 bridgehead atoms. The molecule has 0 fully saturated rings. The fourth-order valence-corrected chi connectivity index (χ4v) is 4.17. The van der Waals surface area contributed by atoms with Gasteiger partial charge >= 0.3 is 0 Å². The van der Waals surface area contributed by atoms with Gasteiger partial charge in [0.05, 0.1) is 16.9 Å². The van der Waals surface area contributed by atoms with Crippen LogP contribution in [0.1, 0.15) is 23.2 Å². The van der Waals surface area contributed by atoms with Crippen LogP contribution in [-0.4, -0.2) is 23.3 Å². The Kier molecular flexibility index (Phi) is 5.57. The van der Waals surface area contributed by atoms with Crippen molar-refractivity contribution in [2.45, 2.75) is 22.8 Å². The van der Waals surface area contributed by atoms with Crippen molar-refractivity contribution in [1.29, 1.82) is 0 Å². The maximum absolute atomic E-state index is 13.7. The van der Waals surface area contributed by atoms with E-state index < -0.39 is 5.82 Å². The lowest BCUT2D eigenvalue weighted by Gasteiger charge is -2.22. The van der Waals surface area contributed by atoms with E-state index in [9.17, 15) is 14.0 Å². The Balaban J connectivity index is 1.48. The van der Waals surface area contributed by atoms with Crippen LogP contribution < -0.4 is 10.2 Å². The molecular weight excluding hydrogens is 389 g/mol. The Hall–Kier alpha value is -3.19. The molecule has 0 atom stereocenters. The summed E-state index contributed by atoms with van der Waals surface area (Å²) in [6, 6.07) is 17.2. The number of para-hydroxylation sites is 2. The van der Waals surface area contributed by atoms with Crippen LogP contribution in [0.5, 0.6) is 0 Å². The van der Waals surface area contributed by atoms with E-state index in [4.69, 9.17) is 0 Å². The van der Waals surface area contributed by atoms with Gasteiger partial charge in [-0.05, 0) is 42.8 Å². The van der Waals surface area contributed by atoms with Crippen molar-refractivity contribution in [1.82, 2.24) is 4.98 Å². The van der Waals surface area contributed by atoms with Gasteiger partial charge in [0.1, 0.15) is 10.8 Å². The number of nitrogens with zero attached hydrogens (tertiary/aromatic N) is 2. The lowest BCUT2D eigenvalue weighted by Crippen LogP contribution is -2.32. The van der Waals surface area contributed by atoms with E-state index in [0.29, 0.717) is 23.6 Å². The summed E-state index contributed by atoms with van der Waals surface area (Å²) in [4.78, 5) is 32.3. The molecule has 2 aromatic carbocycles. The van der Waals surface area contributed by atoms with E-state index >= 15 is 0 Å². The fourth-order valence-electron chi connectivity index (χ4n) is 3.16. The monoisotopic (exact) mass is 407 g/mol. The molecule has 3 aromatic rings. The summed E-state index contributed by atoms with van der Waals surface area (Å²) in [6.07, 6.45) is 2.29. The van der Waals surface area contributed by atoms with Crippen LogP contribution in [0.4, 0.5) is 15.8 Å². The van der Waals surface area contributed by atoms with Crippen molar-refractivity contribution in [3.05, 3.63) is 78.2 Å². The average Bonchev–Trinajstić information content (AvgIpc) is 2.85. The minimum atomic E-state index is -0.474. The highest BCUT2D eigenvalue weighted by Crippen LogP contribution is 2.40. The van der Waals surface area contributed by atoms with Gasteiger partial charge in [0.2, 0.25) is 5.91 Å². The van der Waals surface area contributed by atoms with Crippen LogP contribution in [0, 0.1) is 5.82 Å². The van der Waals surface area contributed by atoms with Crippen LogP contribution in [-0.2, 0) is 4.79 Å². The van der Waals surface area contributed by atoms with Crippen LogP contribution in [0.3, 0.4) is 0 Å². The molecule has 2 heterocycles. The van der Waals surface area contributed by atoms with Gasteiger partial charge in [0, 0.05) is 24.1 Å². The third kappa shape index (κ3) is 4.14. The Labute approximate surface area is 172 Å². The number of fused-ring (bicyclic) bond motifs is 2. The highest BCUT2D eigenvalue weighted by Gasteiger charge is 2.27. The number of benzene rings is 2. The first-order chi connectivity index (χ1) is 14.1. The zero-order chi connectivity index (χ0) is 20.2. The lowest BCUT2D eigenvalue weighted by atomic mass is 10.2. The van der Waals surface area contributed by atoms with Gasteiger partial charge in [-0.3, -0.25) is 9.59 Å². The number of hydrogen-bond acceptors (Lipinski definition) is 4. The fraction of sp³-hybridized carbons (Fsp3) is 0.136. The van der Waals surface area contributed by atoms with Crippen molar-refractivity contribution < 1.29 is 14.0 Å². The predicted octanol–water partition coefficient (Wildman–Crippen LogP) is 4.75. The van der Waals surface area contributed by atoms with E-state index in [1.54, 1.807) is 35.4 Å². The van der Waals surface area contributed by atoms with E-state index in [2.05, 4.69) is 10.3 Å². The number of carbonyl (C=O) groups excluding carboxylic acids is 2. The third-order valence-electron chi connectivity index (χ3n) is 4.54. The number of halogens is 1. The smallest absolute Gasteiger partial charge is 0.261 e. The molecule has 2 amide bonds. The summed E-state index contributed by atoms with van der Waals surface area (Å²) in [6.45, 7) is 0.370. The molecular formula is C22H18FN3O2S. The van der Waals surface area contributed by atoms with Gasteiger partial charge < -0.3 is 10.2 Å². The molecule has 7 heteroatoms. The summed E-state index contributed by atoms with van der Waals surface area (Å²) >= 11 is 1.46. The quantitative estimate of drug-likeness (QED) is 0.663. The van der Waals surface area contributed by atoms with E-state index in [1.165, 1.54) is 23.9 Å². The molecule has 0 spiro atoms. The predicted molar refractivity (Wildman–Crippen MR) is 111 cm³/mol. The minimum absolute atomic E-state index is 0.139. The van der Waals surface area contributed by atoms with Gasteiger partial charge in [-0.25, -0.2) is 9.37 Å². The number of anilines is 2. The van der Waals surface area contributed by atoms with Crippen molar-refractivity contribution in [2.24, 2.45) is 0 Å². The molecule has 146 valence electrons. The van der Waals surface area contributed by atoms with Gasteiger partial charge in [0.25, 0.3) is 5.91 Å². The largest absolute Gasteiger partial charge is 0.324 e. The van der Waals surface area contributed by atoms with E-state index in [1.807, 2.05) is 24.3 Å². The van der Waals surface area contributed by atoms with Crippen molar-refractivity contribution in [2.75, 3.05) is 16.8 Å².